The number of amidine groups is 1. The van der Waals surface area contributed by atoms with Crippen molar-refractivity contribution in [1.82, 2.24) is 4.90 Å². The molecular formula is C45H53ClN3NaO14S4. The number of aliphatic imine (C=N–C) groups is 1. The molecule has 0 saturated carbocycles. The number of aliphatic carboxylic acids is 1. The first-order chi connectivity index (χ1) is 31.0. The normalized spacial score (nSPS) is 18.9. The SMILES string of the molecule is CC1(C)C(=CC=C(C=CC2N(CCCCS(=O)(=O)O)c3ccc4c(S(=O)(=O)O)cc(S(=O)(=O)O)cc4c3C2(C)C)c2cccc(CCC(=O)O)c2)N=C2C1=CC(Cl)=CN2CCCCS(=O)(=O)O.[H-].[Na+]. The molecule has 68 heavy (non-hydrogen) atoms. The maximum atomic E-state index is 12.7. The predicted molar refractivity (Wildman–Crippen MR) is 258 cm³/mol. The Hall–Kier alpha value is -3.71. The van der Waals surface area contributed by atoms with Crippen molar-refractivity contribution in [3.63, 3.8) is 0 Å². The molecule has 17 nitrogen and oxygen atoms in total. The van der Waals surface area contributed by atoms with E-state index in [2.05, 4.69) is 0 Å². The molecule has 1 atom stereocenters. The maximum absolute atomic E-state index is 12.7. The van der Waals surface area contributed by atoms with Gasteiger partial charge in [0.1, 0.15) is 10.7 Å². The van der Waals surface area contributed by atoms with Crippen LogP contribution >= 0.6 is 11.6 Å². The first-order valence-corrected chi connectivity index (χ1v) is 27.6. The van der Waals surface area contributed by atoms with Gasteiger partial charge < -0.3 is 16.3 Å². The van der Waals surface area contributed by atoms with Crippen LogP contribution in [-0.2, 0) is 57.1 Å². The summed E-state index contributed by atoms with van der Waals surface area (Å²) in [4.78, 5) is 18.8. The van der Waals surface area contributed by atoms with E-state index in [4.69, 9.17) is 16.6 Å². The molecule has 0 amide bonds. The van der Waals surface area contributed by atoms with Gasteiger partial charge in [0, 0.05) is 53.2 Å². The molecule has 0 saturated heterocycles. The maximum Gasteiger partial charge on any atom is 1.00 e. The number of fused-ring (bicyclic) bond motifs is 4. The molecule has 0 aliphatic carbocycles. The number of benzene rings is 3. The Kier molecular flexibility index (Phi) is 17.0. The molecule has 0 bridgehead atoms. The van der Waals surface area contributed by atoms with Crippen LogP contribution in [0.25, 0.3) is 16.3 Å². The predicted octanol–water partition coefficient (Wildman–Crippen LogP) is 4.55. The van der Waals surface area contributed by atoms with Gasteiger partial charge in [-0.25, -0.2) is 4.99 Å². The molecule has 364 valence electrons. The number of halogens is 1. The molecule has 3 aliphatic heterocycles. The second-order valence-electron chi connectivity index (χ2n) is 17.7. The van der Waals surface area contributed by atoms with Crippen LogP contribution in [0, 0.1) is 5.41 Å². The number of unbranched alkanes of at least 4 members (excludes halogenated alkanes) is 2. The number of allylic oxidation sites excluding steroid dienone is 7. The van der Waals surface area contributed by atoms with Crippen LogP contribution in [0.2, 0.25) is 0 Å². The standard InChI is InChI=1S/C45H52ClN3O14S4.Na.H/c1-44(2)36-25-32(46)28-48(20-5-7-22-64(52,53)54)43(36)47-39(44)17-13-30(31-11-9-10-29(24-31)12-19-41(50)51)14-18-40-45(3,4)42-35-26-33(66(58,59)60)27-38(67(61,62)63)34(35)15-16-37(42)49(40)21-6-8-23-65(55,56)57;;/h9-11,13-18,24-28,40H,5-8,12,19-23H2,1-4H3,(H,50,51)(H,52,53,54)(H,55,56,57)(H,58,59,60)(H,61,62,63);;/q;+1;-1. The fraction of sp³-hybridized carbons (Fsp3) is 0.378. The summed E-state index contributed by atoms with van der Waals surface area (Å²) in [7, 11) is -18.4. The van der Waals surface area contributed by atoms with E-state index in [1.165, 1.54) is 6.07 Å². The van der Waals surface area contributed by atoms with Crippen molar-refractivity contribution in [2.24, 2.45) is 10.4 Å². The molecule has 3 aromatic rings. The molecule has 3 heterocycles. The molecule has 0 aromatic heterocycles. The molecule has 23 heteroatoms. The second kappa shape index (κ2) is 20.9. The van der Waals surface area contributed by atoms with Crippen LogP contribution in [0.1, 0.15) is 77.9 Å². The third-order valence-corrected chi connectivity index (χ3v) is 15.7. The molecule has 5 N–H and O–H groups in total. The van der Waals surface area contributed by atoms with Gasteiger partial charge in [-0.3, -0.25) is 23.0 Å². The summed E-state index contributed by atoms with van der Waals surface area (Å²) < 4.78 is 135. The van der Waals surface area contributed by atoms with Crippen molar-refractivity contribution >= 4 is 85.9 Å². The van der Waals surface area contributed by atoms with Crippen LogP contribution in [0.4, 0.5) is 5.69 Å². The van der Waals surface area contributed by atoms with E-state index >= 15 is 0 Å². The number of hydrogen-bond donors (Lipinski definition) is 5. The molecule has 0 fully saturated rings. The molecule has 3 aromatic carbocycles. The van der Waals surface area contributed by atoms with Gasteiger partial charge in [0.25, 0.3) is 40.5 Å². The van der Waals surface area contributed by atoms with Crippen molar-refractivity contribution in [2.45, 2.75) is 87.5 Å². The molecule has 0 radical (unpaired) electrons. The molecule has 6 rings (SSSR count). The largest absolute Gasteiger partial charge is 1.00 e. The van der Waals surface area contributed by atoms with Crippen LogP contribution < -0.4 is 34.5 Å². The van der Waals surface area contributed by atoms with Gasteiger partial charge in [0.15, 0.2) is 0 Å². The number of nitrogens with zero attached hydrogens (tertiary/aromatic N) is 3. The summed E-state index contributed by atoms with van der Waals surface area (Å²) in [6.07, 6.45) is 12.1. The van der Waals surface area contributed by atoms with Gasteiger partial charge in [-0.15, -0.1) is 0 Å². The number of anilines is 1. The van der Waals surface area contributed by atoms with E-state index in [1.807, 2.05) is 86.1 Å². The summed E-state index contributed by atoms with van der Waals surface area (Å²) in [5, 5.41) is 10.00. The van der Waals surface area contributed by atoms with Crippen LogP contribution in [0.3, 0.4) is 0 Å². The smallest absolute Gasteiger partial charge is 1.00 e. The third-order valence-electron chi connectivity index (χ3n) is 12.1. The Morgan fingerprint density at radius 3 is 2.09 bits per heavy atom. The van der Waals surface area contributed by atoms with Gasteiger partial charge in [-0.05, 0) is 90.1 Å². The topological polar surface area (TPSA) is 274 Å². The van der Waals surface area contributed by atoms with E-state index in [0.29, 0.717) is 58.0 Å². The quantitative estimate of drug-likeness (QED) is 0.0477. The summed E-state index contributed by atoms with van der Waals surface area (Å²) >= 11 is 6.58. The second-order valence-corrected chi connectivity index (χ2v) is 24.1. The number of aryl methyl sites for hydroxylation is 1. The minimum absolute atomic E-state index is 0. The Bertz CT molecular complexity index is 3170. The fourth-order valence-corrected chi connectivity index (χ4v) is 11.5. The van der Waals surface area contributed by atoms with E-state index in [0.717, 1.165) is 17.2 Å². The van der Waals surface area contributed by atoms with E-state index < -0.39 is 78.9 Å². The monoisotopic (exact) mass is 1050 g/mol. The third kappa shape index (κ3) is 13.0. The Labute approximate surface area is 425 Å². The first kappa shape index (κ1) is 55.2. The summed E-state index contributed by atoms with van der Waals surface area (Å²) in [6, 6.07) is 11.6. The molecular weight excluding hydrogens is 993 g/mol. The molecule has 3 aliphatic rings. The van der Waals surface area contributed by atoms with Gasteiger partial charge in [-0.1, -0.05) is 87.9 Å². The zero-order valence-corrected chi connectivity index (χ0v) is 44.0. The summed E-state index contributed by atoms with van der Waals surface area (Å²) in [5.74, 6) is -1.24. The first-order valence-electron chi connectivity index (χ1n) is 21.1. The average Bonchev–Trinajstić information content (AvgIpc) is 3.59. The Morgan fingerprint density at radius 2 is 1.49 bits per heavy atom. The zero-order valence-electron chi connectivity index (χ0n) is 39.0. The number of hydrogen-bond acceptors (Lipinski definition) is 12. The van der Waals surface area contributed by atoms with E-state index in [9.17, 15) is 61.8 Å². The molecule has 0 spiro atoms. The van der Waals surface area contributed by atoms with E-state index in [-0.39, 0.29) is 86.2 Å². The Morgan fingerprint density at radius 1 is 0.838 bits per heavy atom. The van der Waals surface area contributed by atoms with Gasteiger partial charge in [0.05, 0.1) is 33.2 Å². The van der Waals surface area contributed by atoms with Gasteiger partial charge in [0.2, 0.25) is 0 Å². The van der Waals surface area contributed by atoms with Crippen molar-refractivity contribution in [1.29, 1.82) is 0 Å². The fourth-order valence-electron chi connectivity index (χ4n) is 8.83. The van der Waals surface area contributed by atoms with Crippen LogP contribution in [0.5, 0.6) is 0 Å². The summed E-state index contributed by atoms with van der Waals surface area (Å²) in [6.45, 7) is 8.24. The summed E-state index contributed by atoms with van der Waals surface area (Å²) in [5.41, 5.74) is 2.90. The van der Waals surface area contributed by atoms with Crippen molar-refractivity contribution < 1.29 is 92.8 Å². The zero-order chi connectivity index (χ0) is 49.5. The number of carbonyl (C=O) groups is 1. The average molecular weight is 1050 g/mol. The van der Waals surface area contributed by atoms with Crippen LogP contribution in [-0.4, -0.2) is 104 Å². The minimum atomic E-state index is -5.02. The van der Waals surface area contributed by atoms with Gasteiger partial charge in [-0.2, -0.15) is 33.7 Å². The minimum Gasteiger partial charge on any atom is -1.00 e. The molecule has 1 unspecified atom stereocenters. The van der Waals surface area contributed by atoms with Gasteiger partial charge >= 0.3 is 35.5 Å². The number of carboxylic acids is 1. The Balaban J connectivity index is 0.00000518. The van der Waals surface area contributed by atoms with Crippen LogP contribution in [0.15, 0.2) is 116 Å². The van der Waals surface area contributed by atoms with Crippen molar-refractivity contribution in [3.05, 3.63) is 118 Å². The number of rotatable bonds is 19. The van der Waals surface area contributed by atoms with E-state index in [1.54, 1.807) is 18.3 Å². The van der Waals surface area contributed by atoms with Crippen molar-refractivity contribution in [3.8, 4) is 0 Å². The number of carboxylic acid groups (broad SMARTS) is 1. The van der Waals surface area contributed by atoms with Crippen molar-refractivity contribution in [2.75, 3.05) is 29.5 Å².